The van der Waals surface area contributed by atoms with Gasteiger partial charge in [-0.1, -0.05) is 35.5 Å². The number of primary amides is 1. The summed E-state index contributed by atoms with van der Waals surface area (Å²) >= 11 is 0. The molecule has 1 rings (SSSR count). The third-order valence-corrected chi connectivity index (χ3v) is 2.72. The van der Waals surface area contributed by atoms with Gasteiger partial charge in [0.05, 0.1) is 6.54 Å². The van der Waals surface area contributed by atoms with Gasteiger partial charge in [0.25, 0.3) is 0 Å². The Morgan fingerprint density at radius 2 is 1.95 bits per heavy atom. The van der Waals surface area contributed by atoms with Crippen LogP contribution in [0.2, 0.25) is 0 Å². The van der Waals surface area contributed by atoms with Gasteiger partial charge in [0, 0.05) is 0 Å². The van der Waals surface area contributed by atoms with Crippen molar-refractivity contribution in [2.75, 3.05) is 13.2 Å². The zero-order valence-electron chi connectivity index (χ0n) is 11.4. The fourth-order valence-corrected chi connectivity index (χ4v) is 1.70. The van der Waals surface area contributed by atoms with E-state index in [1.807, 2.05) is 30.3 Å². The minimum Gasteiger partial charge on any atom is -0.448 e. The Bertz CT molecular complexity index is 504. The maximum atomic E-state index is 12.0. The topological polar surface area (TPSA) is 140 Å². The molecule has 0 heterocycles. The van der Waals surface area contributed by atoms with E-state index in [4.69, 9.17) is 16.7 Å². The number of carbonyl (C=O) groups excluding carboxylic acids is 2. The summed E-state index contributed by atoms with van der Waals surface area (Å²) < 4.78 is 4.49. The quantitative estimate of drug-likeness (QED) is 0.181. The van der Waals surface area contributed by atoms with Crippen LogP contribution in [0.15, 0.2) is 35.5 Å². The summed E-state index contributed by atoms with van der Waals surface area (Å²) in [5.74, 6) is -1.43. The molecule has 8 nitrogen and oxygen atoms in total. The molecule has 1 aromatic carbocycles. The Morgan fingerprint density at radius 1 is 1.29 bits per heavy atom. The number of hydrogen-bond donors (Lipinski definition) is 4. The Labute approximate surface area is 121 Å². The fourth-order valence-electron chi connectivity index (χ4n) is 1.70. The molecule has 1 atom stereocenters. The molecule has 0 aliphatic carbocycles. The van der Waals surface area contributed by atoms with Gasteiger partial charge in [-0.25, -0.2) is 4.79 Å². The van der Waals surface area contributed by atoms with E-state index in [2.05, 4.69) is 15.2 Å². The van der Waals surface area contributed by atoms with Crippen molar-refractivity contribution in [2.24, 2.45) is 22.5 Å². The van der Waals surface area contributed by atoms with Crippen molar-refractivity contribution in [1.29, 1.82) is 0 Å². The highest BCUT2D eigenvalue weighted by Gasteiger charge is 2.23. The molecule has 0 aromatic heterocycles. The highest BCUT2D eigenvalue weighted by Crippen LogP contribution is 2.09. The lowest BCUT2D eigenvalue weighted by atomic mass is 9.97. The van der Waals surface area contributed by atoms with Crippen LogP contribution in [0.4, 0.5) is 4.79 Å². The second-order valence-corrected chi connectivity index (χ2v) is 4.23. The smallest absolute Gasteiger partial charge is 0.404 e. The summed E-state index contributed by atoms with van der Waals surface area (Å²) in [6.45, 7) is 0.0427. The lowest BCUT2D eigenvalue weighted by Gasteiger charge is -2.15. The molecule has 8 heteroatoms. The molecule has 2 amide bonds. The number of hydrogen-bond acceptors (Lipinski definition) is 5. The van der Waals surface area contributed by atoms with Crippen LogP contribution in [0.25, 0.3) is 0 Å². The second-order valence-electron chi connectivity index (χ2n) is 4.23. The van der Waals surface area contributed by atoms with E-state index in [1.165, 1.54) is 0 Å². The third kappa shape index (κ3) is 5.81. The van der Waals surface area contributed by atoms with Gasteiger partial charge in [0.15, 0.2) is 5.84 Å². The number of oxime groups is 1. The van der Waals surface area contributed by atoms with E-state index in [9.17, 15) is 9.59 Å². The van der Waals surface area contributed by atoms with Crippen LogP contribution < -0.4 is 16.8 Å². The number of carbonyl (C=O) groups is 2. The van der Waals surface area contributed by atoms with Gasteiger partial charge in [-0.15, -0.1) is 0 Å². The summed E-state index contributed by atoms with van der Waals surface area (Å²) in [5, 5.41) is 14.2. The predicted octanol–water partition coefficient (Wildman–Crippen LogP) is -0.197. The van der Waals surface area contributed by atoms with E-state index >= 15 is 0 Å². The standard InChI is InChI=1S/C13H18N4O4/c14-11(17-20)10(8-9-4-2-1-3-5-9)12(18)16-6-7-21-13(15)19/h1-5,10,20H,6-8H2,(H2,14,17)(H2,15,19)(H,16,18). The van der Waals surface area contributed by atoms with Crippen LogP contribution in [-0.4, -0.2) is 36.2 Å². The molecule has 0 bridgehead atoms. The molecule has 6 N–H and O–H groups in total. The van der Waals surface area contributed by atoms with Gasteiger partial charge in [0.1, 0.15) is 12.5 Å². The first-order chi connectivity index (χ1) is 10.0. The van der Waals surface area contributed by atoms with Crippen LogP contribution in [0.5, 0.6) is 0 Å². The molecule has 0 aliphatic rings. The van der Waals surface area contributed by atoms with Crippen molar-refractivity contribution < 1.29 is 19.5 Å². The molecule has 0 saturated heterocycles. The average Bonchev–Trinajstić information content (AvgIpc) is 2.49. The first-order valence-corrected chi connectivity index (χ1v) is 6.26. The minimum atomic E-state index is -0.915. The summed E-state index contributed by atoms with van der Waals surface area (Å²) in [5.41, 5.74) is 11.2. The zero-order valence-corrected chi connectivity index (χ0v) is 11.4. The number of nitrogens with two attached hydrogens (primary N) is 2. The number of amidine groups is 1. The summed E-state index contributed by atoms with van der Waals surface area (Å²) in [6, 6.07) is 9.18. The van der Waals surface area contributed by atoms with Crippen LogP contribution in [0, 0.1) is 5.92 Å². The van der Waals surface area contributed by atoms with Gasteiger partial charge >= 0.3 is 6.09 Å². The monoisotopic (exact) mass is 294 g/mol. The SMILES string of the molecule is NC(=O)OCCNC(=O)C(Cc1ccccc1)/C(N)=N/O. The highest BCUT2D eigenvalue weighted by molar-refractivity contribution is 6.02. The maximum absolute atomic E-state index is 12.0. The minimum absolute atomic E-state index is 0.0463. The number of nitrogens with one attached hydrogen (secondary N) is 1. The van der Waals surface area contributed by atoms with Crippen LogP contribution >= 0.6 is 0 Å². The van der Waals surface area contributed by atoms with Gasteiger partial charge in [-0.3, -0.25) is 4.79 Å². The molecule has 0 aliphatic heterocycles. The second kappa shape index (κ2) is 8.41. The Morgan fingerprint density at radius 3 is 2.52 bits per heavy atom. The fraction of sp³-hybridized carbons (Fsp3) is 0.308. The van der Waals surface area contributed by atoms with Crippen molar-refractivity contribution >= 4 is 17.8 Å². The lowest BCUT2D eigenvalue weighted by Crippen LogP contribution is -2.41. The summed E-state index contributed by atoms with van der Waals surface area (Å²) in [4.78, 5) is 22.4. The number of amides is 2. The van der Waals surface area contributed by atoms with Crippen molar-refractivity contribution in [3.8, 4) is 0 Å². The van der Waals surface area contributed by atoms with Crippen molar-refractivity contribution in [3.05, 3.63) is 35.9 Å². The Balaban J connectivity index is 2.61. The molecular weight excluding hydrogens is 276 g/mol. The van der Waals surface area contributed by atoms with Crippen molar-refractivity contribution in [1.82, 2.24) is 5.32 Å². The van der Waals surface area contributed by atoms with E-state index in [1.54, 1.807) is 0 Å². The van der Waals surface area contributed by atoms with E-state index in [0.29, 0.717) is 6.42 Å². The van der Waals surface area contributed by atoms with Crippen molar-refractivity contribution in [2.45, 2.75) is 6.42 Å². The Kier molecular flexibility index (Phi) is 6.52. The predicted molar refractivity (Wildman–Crippen MR) is 75.6 cm³/mol. The molecule has 0 saturated carbocycles. The van der Waals surface area contributed by atoms with E-state index in [-0.39, 0.29) is 19.0 Å². The van der Waals surface area contributed by atoms with Gasteiger partial charge in [-0.2, -0.15) is 0 Å². The normalized spacial score (nSPS) is 12.5. The zero-order chi connectivity index (χ0) is 15.7. The number of nitrogens with zero attached hydrogens (tertiary/aromatic N) is 1. The first kappa shape index (κ1) is 16.3. The van der Waals surface area contributed by atoms with Crippen LogP contribution in [0.3, 0.4) is 0 Å². The molecular formula is C13H18N4O4. The third-order valence-electron chi connectivity index (χ3n) is 2.72. The Hall–Kier alpha value is -2.77. The molecule has 0 spiro atoms. The lowest BCUT2D eigenvalue weighted by molar-refractivity contribution is -0.123. The highest BCUT2D eigenvalue weighted by atomic mass is 16.5. The molecule has 114 valence electrons. The molecule has 1 unspecified atom stereocenters. The van der Waals surface area contributed by atoms with Crippen LogP contribution in [-0.2, 0) is 16.0 Å². The van der Waals surface area contributed by atoms with E-state index in [0.717, 1.165) is 5.56 Å². The summed E-state index contributed by atoms with van der Waals surface area (Å²) in [6.07, 6.45) is -0.624. The van der Waals surface area contributed by atoms with Gasteiger partial charge < -0.3 is 26.7 Å². The molecule has 0 radical (unpaired) electrons. The van der Waals surface area contributed by atoms with Gasteiger partial charge in [-0.05, 0) is 12.0 Å². The maximum Gasteiger partial charge on any atom is 0.404 e. The molecule has 1 aromatic rings. The van der Waals surface area contributed by atoms with Crippen molar-refractivity contribution in [3.63, 3.8) is 0 Å². The molecule has 21 heavy (non-hydrogen) atoms. The number of ether oxygens (including phenoxy) is 1. The number of benzene rings is 1. The van der Waals surface area contributed by atoms with Crippen LogP contribution in [0.1, 0.15) is 5.56 Å². The molecule has 0 fully saturated rings. The first-order valence-electron chi connectivity index (χ1n) is 6.26. The summed E-state index contributed by atoms with van der Waals surface area (Å²) in [7, 11) is 0. The number of rotatable bonds is 7. The van der Waals surface area contributed by atoms with Gasteiger partial charge in [0.2, 0.25) is 5.91 Å². The average molecular weight is 294 g/mol. The largest absolute Gasteiger partial charge is 0.448 e. The van der Waals surface area contributed by atoms with E-state index < -0.39 is 17.9 Å².